The van der Waals surface area contributed by atoms with Crippen molar-refractivity contribution in [1.82, 2.24) is 14.5 Å². The molecule has 2 amide bonds. The number of nitrogens with one attached hydrogen (secondary N) is 1. The Bertz CT molecular complexity index is 1180. The summed E-state index contributed by atoms with van der Waals surface area (Å²) in [7, 11) is -3.85. The van der Waals surface area contributed by atoms with Crippen LogP contribution in [0.1, 0.15) is 35.3 Å². The molecule has 0 unspecified atom stereocenters. The first-order valence-electron chi connectivity index (χ1n) is 10.8. The van der Waals surface area contributed by atoms with Gasteiger partial charge in [-0.15, -0.1) is 0 Å². The number of aryl methyl sites for hydroxylation is 1. The van der Waals surface area contributed by atoms with Gasteiger partial charge in [-0.25, -0.2) is 8.42 Å². The molecule has 1 aliphatic heterocycles. The molecule has 1 fully saturated rings. The number of rotatable bonds is 6. The Labute approximate surface area is 194 Å². The van der Waals surface area contributed by atoms with E-state index in [1.807, 2.05) is 39.0 Å². The van der Waals surface area contributed by atoms with Crippen LogP contribution in [-0.4, -0.2) is 61.7 Å². The first-order chi connectivity index (χ1) is 15.7. The summed E-state index contributed by atoms with van der Waals surface area (Å²) in [5.41, 5.74) is 1.43. The van der Waals surface area contributed by atoms with Crippen molar-refractivity contribution in [1.29, 1.82) is 5.26 Å². The van der Waals surface area contributed by atoms with Gasteiger partial charge in [-0.1, -0.05) is 44.2 Å². The van der Waals surface area contributed by atoms with E-state index in [1.165, 1.54) is 16.4 Å². The van der Waals surface area contributed by atoms with Gasteiger partial charge in [0.25, 0.3) is 5.91 Å². The lowest BCUT2D eigenvalue weighted by Crippen LogP contribution is -2.57. The van der Waals surface area contributed by atoms with Gasteiger partial charge in [-0.3, -0.25) is 9.59 Å². The van der Waals surface area contributed by atoms with Crippen LogP contribution in [0, 0.1) is 24.2 Å². The molecule has 174 valence electrons. The quantitative estimate of drug-likeness (QED) is 0.698. The van der Waals surface area contributed by atoms with Crippen molar-refractivity contribution in [3.8, 4) is 6.07 Å². The Morgan fingerprint density at radius 3 is 2.21 bits per heavy atom. The molecule has 0 bridgehead atoms. The molecule has 0 aromatic heterocycles. The second kappa shape index (κ2) is 10.1. The van der Waals surface area contributed by atoms with E-state index in [0.29, 0.717) is 5.56 Å². The van der Waals surface area contributed by atoms with Crippen LogP contribution in [0.3, 0.4) is 0 Å². The number of amides is 2. The third-order valence-corrected chi connectivity index (χ3v) is 7.74. The minimum absolute atomic E-state index is 0.0298. The highest BCUT2D eigenvalue weighted by atomic mass is 32.2. The van der Waals surface area contributed by atoms with E-state index in [4.69, 9.17) is 0 Å². The molecular weight excluding hydrogens is 440 g/mol. The second-order valence-corrected chi connectivity index (χ2v) is 10.3. The van der Waals surface area contributed by atoms with Crippen molar-refractivity contribution in [2.75, 3.05) is 26.2 Å². The van der Waals surface area contributed by atoms with Crippen LogP contribution < -0.4 is 5.32 Å². The number of piperazine rings is 1. The zero-order valence-electron chi connectivity index (χ0n) is 19.0. The summed E-state index contributed by atoms with van der Waals surface area (Å²) in [6.45, 7) is 6.20. The number of benzene rings is 2. The largest absolute Gasteiger partial charge is 0.340 e. The fraction of sp³-hybridized carbons (Fsp3) is 0.375. The van der Waals surface area contributed by atoms with Gasteiger partial charge in [-0.2, -0.15) is 9.57 Å². The smallest absolute Gasteiger partial charge is 0.252 e. The number of sulfonamides is 1. The Morgan fingerprint density at radius 1 is 1.00 bits per heavy atom. The van der Waals surface area contributed by atoms with E-state index in [-0.39, 0.29) is 54.4 Å². The molecule has 2 aromatic rings. The molecule has 1 heterocycles. The topological polar surface area (TPSA) is 111 Å². The maximum atomic E-state index is 13.2. The van der Waals surface area contributed by atoms with Gasteiger partial charge >= 0.3 is 0 Å². The van der Waals surface area contributed by atoms with Crippen molar-refractivity contribution in [3.63, 3.8) is 0 Å². The van der Waals surface area contributed by atoms with Crippen LogP contribution in [0.2, 0.25) is 0 Å². The summed E-state index contributed by atoms with van der Waals surface area (Å²) in [5, 5.41) is 12.1. The number of carbonyl (C=O) groups excluding carboxylic acids is 2. The summed E-state index contributed by atoms with van der Waals surface area (Å²) >= 11 is 0. The lowest BCUT2D eigenvalue weighted by Gasteiger charge is -2.36. The van der Waals surface area contributed by atoms with Gasteiger partial charge in [0.2, 0.25) is 15.9 Å². The highest BCUT2D eigenvalue weighted by Gasteiger charge is 2.35. The molecule has 0 spiro atoms. The van der Waals surface area contributed by atoms with Crippen molar-refractivity contribution >= 4 is 21.8 Å². The highest BCUT2D eigenvalue weighted by molar-refractivity contribution is 7.89. The van der Waals surface area contributed by atoms with Crippen LogP contribution in [-0.2, 0) is 14.8 Å². The maximum absolute atomic E-state index is 13.2. The molecule has 1 saturated heterocycles. The molecule has 1 atom stereocenters. The number of nitriles is 1. The highest BCUT2D eigenvalue weighted by Crippen LogP contribution is 2.21. The first kappa shape index (κ1) is 24.4. The molecule has 0 radical (unpaired) electrons. The molecule has 1 aliphatic rings. The van der Waals surface area contributed by atoms with E-state index >= 15 is 0 Å². The SMILES string of the molecule is Cc1ccccc1C(=O)N[C@H](C(=O)N1CCN(S(=O)(=O)c2ccccc2C#N)CC1)C(C)C. The van der Waals surface area contributed by atoms with Gasteiger partial charge in [0.1, 0.15) is 12.1 Å². The van der Waals surface area contributed by atoms with Crippen LogP contribution in [0.4, 0.5) is 0 Å². The van der Waals surface area contributed by atoms with Crippen LogP contribution in [0.5, 0.6) is 0 Å². The number of carbonyl (C=O) groups is 2. The third-order valence-electron chi connectivity index (χ3n) is 5.78. The van der Waals surface area contributed by atoms with Gasteiger partial charge in [0.05, 0.1) is 10.5 Å². The molecule has 2 aromatic carbocycles. The van der Waals surface area contributed by atoms with Crippen molar-refractivity contribution in [2.24, 2.45) is 5.92 Å². The zero-order chi connectivity index (χ0) is 24.2. The average molecular weight is 469 g/mol. The summed E-state index contributed by atoms with van der Waals surface area (Å²) in [5.74, 6) is -0.689. The van der Waals surface area contributed by atoms with Crippen LogP contribution >= 0.6 is 0 Å². The van der Waals surface area contributed by atoms with Crippen LogP contribution in [0.25, 0.3) is 0 Å². The number of hydrogen-bond donors (Lipinski definition) is 1. The summed E-state index contributed by atoms with van der Waals surface area (Å²) in [4.78, 5) is 27.5. The Morgan fingerprint density at radius 2 is 1.61 bits per heavy atom. The predicted molar refractivity (Wildman–Crippen MR) is 124 cm³/mol. The average Bonchev–Trinajstić information content (AvgIpc) is 2.82. The normalized spacial score (nSPS) is 15.7. The summed E-state index contributed by atoms with van der Waals surface area (Å²) in [6, 6.07) is 14.5. The molecular formula is C24H28N4O4S. The molecule has 33 heavy (non-hydrogen) atoms. The molecule has 3 rings (SSSR count). The predicted octanol–water partition coefficient (Wildman–Crippen LogP) is 2.15. The fourth-order valence-corrected chi connectivity index (χ4v) is 5.39. The van der Waals surface area contributed by atoms with Gasteiger partial charge in [0.15, 0.2) is 0 Å². The van der Waals surface area contributed by atoms with E-state index in [2.05, 4.69) is 5.32 Å². The van der Waals surface area contributed by atoms with E-state index in [0.717, 1.165) is 5.56 Å². The fourth-order valence-electron chi connectivity index (χ4n) is 3.83. The molecule has 0 aliphatic carbocycles. The van der Waals surface area contributed by atoms with Gasteiger partial charge in [0, 0.05) is 31.7 Å². The molecule has 9 heteroatoms. The maximum Gasteiger partial charge on any atom is 0.252 e. The van der Waals surface area contributed by atoms with Crippen molar-refractivity contribution in [2.45, 2.75) is 31.7 Å². The Kier molecular flexibility index (Phi) is 7.51. The summed E-state index contributed by atoms with van der Waals surface area (Å²) < 4.78 is 27.4. The third kappa shape index (κ3) is 5.24. The van der Waals surface area contributed by atoms with Gasteiger partial charge in [-0.05, 0) is 36.6 Å². The number of hydrogen-bond acceptors (Lipinski definition) is 5. The lowest BCUT2D eigenvalue weighted by molar-refractivity contribution is -0.135. The monoisotopic (exact) mass is 468 g/mol. The van der Waals surface area contributed by atoms with E-state index in [1.54, 1.807) is 29.2 Å². The zero-order valence-corrected chi connectivity index (χ0v) is 19.8. The van der Waals surface area contributed by atoms with Crippen molar-refractivity contribution < 1.29 is 18.0 Å². The summed E-state index contributed by atoms with van der Waals surface area (Å²) in [6.07, 6.45) is 0. The first-order valence-corrected chi connectivity index (χ1v) is 12.3. The molecule has 8 nitrogen and oxygen atoms in total. The molecule has 1 N–H and O–H groups in total. The van der Waals surface area contributed by atoms with E-state index < -0.39 is 16.1 Å². The molecule has 0 saturated carbocycles. The Hall–Kier alpha value is -3.22. The Balaban J connectivity index is 1.70. The van der Waals surface area contributed by atoms with Crippen LogP contribution in [0.15, 0.2) is 53.4 Å². The number of nitrogens with zero attached hydrogens (tertiary/aromatic N) is 3. The van der Waals surface area contributed by atoms with E-state index in [9.17, 15) is 23.3 Å². The second-order valence-electron chi connectivity index (χ2n) is 8.35. The lowest BCUT2D eigenvalue weighted by atomic mass is 10.0. The van der Waals surface area contributed by atoms with Gasteiger partial charge < -0.3 is 10.2 Å². The minimum Gasteiger partial charge on any atom is -0.340 e. The standard InChI is InChI=1S/C24H28N4O4S/c1-17(2)22(26-23(29)20-10-6-4-8-18(20)3)24(30)27-12-14-28(15-13-27)33(31,32)21-11-7-5-9-19(21)16-25/h4-11,17,22H,12-15H2,1-3H3,(H,26,29)/t22-/m0/s1. The minimum atomic E-state index is -3.85. The van der Waals surface area contributed by atoms with Crippen molar-refractivity contribution in [3.05, 3.63) is 65.2 Å².